The maximum Gasteiger partial charge on any atom is 0.117 e. The minimum absolute atomic E-state index is 0.707. The lowest BCUT2D eigenvalue weighted by molar-refractivity contribution is 1.09. The van der Waals surface area contributed by atoms with Crippen molar-refractivity contribution in [3.05, 3.63) is 59.6 Å². The third kappa shape index (κ3) is 2.85. The molecule has 0 saturated heterocycles. The van der Waals surface area contributed by atoms with E-state index in [4.69, 9.17) is 11.6 Å². The zero-order chi connectivity index (χ0) is 13.1. The molecule has 0 fully saturated rings. The van der Waals surface area contributed by atoms with Gasteiger partial charge in [-0.3, -0.25) is 4.98 Å². The summed E-state index contributed by atoms with van der Waals surface area (Å²) < 4.78 is 0. The van der Waals surface area contributed by atoms with Crippen molar-refractivity contribution in [2.75, 3.05) is 0 Å². The Balaban J connectivity index is 1.86. The van der Waals surface area contributed by atoms with Crippen molar-refractivity contribution in [1.29, 1.82) is 0 Å². The predicted molar refractivity (Wildman–Crippen MR) is 78.3 cm³/mol. The lowest BCUT2D eigenvalue weighted by Gasteiger charge is -2.04. The van der Waals surface area contributed by atoms with Gasteiger partial charge in [0.2, 0.25) is 0 Å². The molecule has 0 unspecified atom stereocenters. The van der Waals surface area contributed by atoms with Crippen LogP contribution in [0.5, 0.6) is 0 Å². The molecule has 3 rings (SSSR count). The SMILES string of the molecule is Clc1ccnc(CSc2ncnc3ccccc23)c1. The Morgan fingerprint density at radius 2 is 1.95 bits per heavy atom. The van der Waals surface area contributed by atoms with E-state index in [2.05, 4.69) is 15.0 Å². The lowest BCUT2D eigenvalue weighted by atomic mass is 10.2. The Morgan fingerprint density at radius 1 is 1.05 bits per heavy atom. The van der Waals surface area contributed by atoms with Gasteiger partial charge < -0.3 is 0 Å². The number of thioether (sulfide) groups is 1. The molecular weight excluding hydrogens is 278 g/mol. The van der Waals surface area contributed by atoms with E-state index in [1.807, 2.05) is 30.3 Å². The fraction of sp³-hybridized carbons (Fsp3) is 0.0714. The van der Waals surface area contributed by atoms with Gasteiger partial charge >= 0.3 is 0 Å². The summed E-state index contributed by atoms with van der Waals surface area (Å²) in [5, 5.41) is 2.74. The average molecular weight is 288 g/mol. The fourth-order valence-electron chi connectivity index (χ4n) is 1.77. The smallest absolute Gasteiger partial charge is 0.117 e. The largest absolute Gasteiger partial charge is 0.260 e. The Labute approximate surface area is 120 Å². The molecule has 0 radical (unpaired) electrons. The third-order valence-electron chi connectivity index (χ3n) is 2.64. The molecule has 0 N–H and O–H groups in total. The van der Waals surface area contributed by atoms with Crippen molar-refractivity contribution in [3.8, 4) is 0 Å². The molecule has 2 heterocycles. The maximum atomic E-state index is 5.95. The second-order valence-electron chi connectivity index (χ2n) is 3.95. The summed E-state index contributed by atoms with van der Waals surface area (Å²) in [6.07, 6.45) is 3.31. The Morgan fingerprint density at radius 3 is 2.84 bits per heavy atom. The number of hydrogen-bond acceptors (Lipinski definition) is 4. The summed E-state index contributed by atoms with van der Waals surface area (Å²) in [4.78, 5) is 12.9. The van der Waals surface area contributed by atoms with Crippen LogP contribution in [0, 0.1) is 0 Å². The number of hydrogen-bond donors (Lipinski definition) is 0. The first-order valence-corrected chi connectivity index (χ1v) is 7.12. The lowest BCUT2D eigenvalue weighted by Crippen LogP contribution is -1.89. The average Bonchev–Trinajstić information content (AvgIpc) is 2.45. The van der Waals surface area contributed by atoms with E-state index in [9.17, 15) is 0 Å². The van der Waals surface area contributed by atoms with E-state index in [-0.39, 0.29) is 0 Å². The second kappa shape index (κ2) is 5.55. The highest BCUT2D eigenvalue weighted by Gasteiger charge is 2.05. The number of nitrogens with zero attached hydrogens (tertiary/aromatic N) is 3. The molecule has 3 nitrogen and oxygen atoms in total. The number of aromatic nitrogens is 3. The van der Waals surface area contributed by atoms with Gasteiger partial charge in [0.05, 0.1) is 11.2 Å². The number of para-hydroxylation sites is 1. The molecule has 3 aromatic rings. The summed E-state index contributed by atoms with van der Waals surface area (Å²) in [5.74, 6) is 0.738. The van der Waals surface area contributed by atoms with Crippen molar-refractivity contribution in [3.63, 3.8) is 0 Å². The van der Waals surface area contributed by atoms with E-state index in [1.54, 1.807) is 30.4 Å². The molecule has 94 valence electrons. The highest BCUT2D eigenvalue weighted by molar-refractivity contribution is 7.98. The Hall–Kier alpha value is -1.65. The van der Waals surface area contributed by atoms with Crippen molar-refractivity contribution < 1.29 is 0 Å². The van der Waals surface area contributed by atoms with Crippen molar-refractivity contribution >= 4 is 34.3 Å². The molecule has 0 spiro atoms. The number of fused-ring (bicyclic) bond motifs is 1. The molecule has 0 amide bonds. The Kier molecular flexibility index (Phi) is 3.62. The molecule has 0 saturated carbocycles. The van der Waals surface area contributed by atoms with Crippen LogP contribution in [0.1, 0.15) is 5.69 Å². The van der Waals surface area contributed by atoms with Gasteiger partial charge in [-0.15, -0.1) is 0 Å². The molecule has 0 aliphatic rings. The van der Waals surface area contributed by atoms with Crippen LogP contribution >= 0.6 is 23.4 Å². The molecule has 0 aliphatic heterocycles. The van der Waals surface area contributed by atoms with E-state index < -0.39 is 0 Å². The van der Waals surface area contributed by atoms with E-state index in [0.29, 0.717) is 5.02 Å². The first-order chi connectivity index (χ1) is 9.33. The van der Waals surface area contributed by atoms with Gasteiger partial charge in [0.1, 0.15) is 11.4 Å². The number of halogens is 1. The minimum atomic E-state index is 0.707. The van der Waals surface area contributed by atoms with E-state index in [0.717, 1.165) is 27.4 Å². The van der Waals surface area contributed by atoms with Gasteiger partial charge in [-0.1, -0.05) is 41.6 Å². The molecule has 2 aromatic heterocycles. The molecule has 19 heavy (non-hydrogen) atoms. The van der Waals surface area contributed by atoms with Crippen LogP contribution in [0.25, 0.3) is 10.9 Å². The molecule has 0 bridgehead atoms. The molecule has 0 atom stereocenters. The van der Waals surface area contributed by atoms with E-state index >= 15 is 0 Å². The summed E-state index contributed by atoms with van der Waals surface area (Å²) >= 11 is 7.59. The van der Waals surface area contributed by atoms with Crippen molar-refractivity contribution in [2.24, 2.45) is 0 Å². The zero-order valence-electron chi connectivity index (χ0n) is 9.95. The van der Waals surface area contributed by atoms with Crippen LogP contribution < -0.4 is 0 Å². The van der Waals surface area contributed by atoms with Gasteiger partial charge in [-0.2, -0.15) is 0 Å². The van der Waals surface area contributed by atoms with Gasteiger partial charge in [0, 0.05) is 22.4 Å². The third-order valence-corrected chi connectivity index (χ3v) is 3.92. The summed E-state index contributed by atoms with van der Waals surface area (Å²) in [6.45, 7) is 0. The topological polar surface area (TPSA) is 38.7 Å². The first-order valence-electron chi connectivity index (χ1n) is 5.76. The highest BCUT2D eigenvalue weighted by Crippen LogP contribution is 2.27. The van der Waals surface area contributed by atoms with Gasteiger partial charge in [-0.25, -0.2) is 9.97 Å². The molecule has 0 aliphatic carbocycles. The van der Waals surface area contributed by atoms with Crippen molar-refractivity contribution in [2.45, 2.75) is 10.8 Å². The number of rotatable bonds is 3. The van der Waals surface area contributed by atoms with Crippen LogP contribution in [-0.4, -0.2) is 15.0 Å². The predicted octanol–water partition coefficient (Wildman–Crippen LogP) is 3.97. The normalized spacial score (nSPS) is 10.8. The highest BCUT2D eigenvalue weighted by atomic mass is 35.5. The number of pyridine rings is 1. The maximum absolute atomic E-state index is 5.95. The van der Waals surface area contributed by atoms with Gasteiger partial charge in [0.25, 0.3) is 0 Å². The minimum Gasteiger partial charge on any atom is -0.260 e. The van der Waals surface area contributed by atoms with Crippen LogP contribution in [0.3, 0.4) is 0 Å². The monoisotopic (exact) mass is 287 g/mol. The van der Waals surface area contributed by atoms with Crippen LogP contribution in [0.2, 0.25) is 5.02 Å². The second-order valence-corrected chi connectivity index (χ2v) is 5.35. The standard InChI is InChI=1S/C14H10ClN3S/c15-10-5-6-16-11(7-10)8-19-14-12-3-1-2-4-13(12)17-9-18-14/h1-7,9H,8H2. The fourth-order valence-corrected chi connectivity index (χ4v) is 2.84. The van der Waals surface area contributed by atoms with Crippen LogP contribution in [0.4, 0.5) is 0 Å². The summed E-state index contributed by atoms with van der Waals surface area (Å²) in [5.41, 5.74) is 1.90. The van der Waals surface area contributed by atoms with Gasteiger partial charge in [-0.05, 0) is 18.2 Å². The quantitative estimate of drug-likeness (QED) is 0.540. The summed E-state index contributed by atoms with van der Waals surface area (Å²) in [7, 11) is 0. The first kappa shape index (κ1) is 12.4. The van der Waals surface area contributed by atoms with Crippen molar-refractivity contribution in [1.82, 2.24) is 15.0 Å². The molecule has 5 heteroatoms. The summed E-state index contributed by atoms with van der Waals surface area (Å²) in [6, 6.07) is 11.6. The van der Waals surface area contributed by atoms with Crippen LogP contribution in [0.15, 0.2) is 53.9 Å². The van der Waals surface area contributed by atoms with E-state index in [1.165, 1.54) is 0 Å². The molecular formula is C14H10ClN3S. The van der Waals surface area contributed by atoms with Crippen LogP contribution in [-0.2, 0) is 5.75 Å². The van der Waals surface area contributed by atoms with Gasteiger partial charge in [0.15, 0.2) is 0 Å². The number of benzene rings is 1. The zero-order valence-corrected chi connectivity index (χ0v) is 11.5. The Bertz CT molecular complexity index is 712. The molecule has 1 aromatic carbocycles.